The number of hydrogen-bond acceptors (Lipinski definition) is 7. The van der Waals surface area contributed by atoms with E-state index in [1.54, 1.807) is 12.3 Å². The zero-order chi connectivity index (χ0) is 30.2. The fourth-order valence-electron chi connectivity index (χ4n) is 4.62. The van der Waals surface area contributed by atoms with E-state index in [1.807, 2.05) is 36.4 Å². The van der Waals surface area contributed by atoms with Crippen LogP contribution >= 0.6 is 11.6 Å². The number of nitrogens with zero attached hydrogens (tertiary/aromatic N) is 6. The number of aromatic nitrogens is 5. The largest absolute Gasteiger partial charge is 0.383 e. The lowest BCUT2D eigenvalue weighted by atomic mass is 9.96. The molecule has 216 valence electrons. The predicted molar refractivity (Wildman–Crippen MR) is 162 cm³/mol. The van der Waals surface area contributed by atoms with Gasteiger partial charge in [0.05, 0.1) is 39.5 Å². The highest BCUT2D eigenvalue weighted by Crippen LogP contribution is 2.37. The van der Waals surface area contributed by atoms with Crippen LogP contribution < -0.4 is 10.6 Å². The van der Waals surface area contributed by atoms with Crippen LogP contribution in [0, 0.1) is 16.7 Å². The van der Waals surface area contributed by atoms with Gasteiger partial charge in [-0.2, -0.15) is 5.26 Å². The Balaban J connectivity index is 1.66. The fourth-order valence-corrected chi connectivity index (χ4v) is 4.89. The minimum atomic E-state index is -2.65. The molecule has 42 heavy (non-hydrogen) atoms. The number of nitriles is 1. The number of rotatable bonds is 8. The van der Waals surface area contributed by atoms with Crippen molar-refractivity contribution < 1.29 is 8.78 Å². The summed E-state index contributed by atoms with van der Waals surface area (Å²) in [4.78, 5) is 8.94. The van der Waals surface area contributed by atoms with E-state index in [1.165, 1.54) is 30.9 Å². The van der Waals surface area contributed by atoms with Crippen LogP contribution in [0.5, 0.6) is 0 Å². The molecule has 0 aliphatic heterocycles. The zero-order valence-corrected chi connectivity index (χ0v) is 24.7. The van der Waals surface area contributed by atoms with E-state index in [9.17, 15) is 14.0 Å². The first-order valence-corrected chi connectivity index (χ1v) is 13.8. The van der Waals surface area contributed by atoms with Crippen molar-refractivity contribution in [3.63, 3.8) is 0 Å². The summed E-state index contributed by atoms with van der Waals surface area (Å²) in [5, 5.41) is 27.1. The molecule has 3 heterocycles. The van der Waals surface area contributed by atoms with Crippen molar-refractivity contribution >= 4 is 44.8 Å². The van der Waals surface area contributed by atoms with Crippen molar-refractivity contribution in [1.29, 1.82) is 5.26 Å². The Morgan fingerprint density at radius 2 is 1.83 bits per heavy atom. The molecule has 5 rings (SSSR count). The van der Waals surface area contributed by atoms with E-state index in [2.05, 4.69) is 57.8 Å². The summed E-state index contributed by atoms with van der Waals surface area (Å²) in [6, 6.07) is 14.8. The summed E-state index contributed by atoms with van der Waals surface area (Å²) in [6.07, 6.45) is 2.11. The standard InChI is InChI=1S/C31H31ClF2N8/c1-30(2,3)17-38-26-18(14-35)15-37-27-22(26)12-19(13-23(27)32)39-28(21-8-6-10-24-20(21)9-7-11-36-24)25-16-42(41-40-25)31(4,5)29(33)34/h6-13,15-16,28-29,39H,17H2,1-5H3,(H,37,38). The molecule has 1 atom stereocenters. The number of fused-ring (bicyclic) bond motifs is 2. The van der Waals surface area contributed by atoms with Gasteiger partial charge in [0.2, 0.25) is 0 Å². The third kappa shape index (κ3) is 5.70. The van der Waals surface area contributed by atoms with Crippen molar-refractivity contribution in [2.24, 2.45) is 5.41 Å². The second-order valence-corrected chi connectivity index (χ2v) is 12.4. The van der Waals surface area contributed by atoms with Gasteiger partial charge in [-0.25, -0.2) is 13.5 Å². The molecule has 3 aromatic heterocycles. The van der Waals surface area contributed by atoms with Crippen molar-refractivity contribution in [2.45, 2.75) is 52.6 Å². The second-order valence-electron chi connectivity index (χ2n) is 12.0. The molecule has 0 saturated carbocycles. The average molecular weight is 589 g/mol. The Kier molecular flexibility index (Phi) is 7.73. The normalized spacial score (nSPS) is 13.0. The molecule has 1 unspecified atom stereocenters. The fraction of sp³-hybridized carbons (Fsp3) is 0.323. The Bertz CT molecular complexity index is 1800. The SMILES string of the molecule is CC(C)(C)CNc1c(C#N)cnc2c(Cl)cc(NC(c3cn(C(C)(C)C(F)F)nn3)c3cccc4ncccc34)cc12. The molecule has 8 nitrogen and oxygen atoms in total. The maximum Gasteiger partial charge on any atom is 0.262 e. The number of halogens is 3. The van der Waals surface area contributed by atoms with Gasteiger partial charge in [-0.1, -0.05) is 55.8 Å². The van der Waals surface area contributed by atoms with Gasteiger partial charge in [-0.05, 0) is 49.1 Å². The lowest BCUT2D eigenvalue weighted by Gasteiger charge is -2.24. The third-order valence-electron chi connectivity index (χ3n) is 7.07. The van der Waals surface area contributed by atoms with Crippen LogP contribution in [0.25, 0.3) is 21.8 Å². The lowest BCUT2D eigenvalue weighted by Crippen LogP contribution is -2.34. The number of benzene rings is 2. The molecule has 5 aromatic rings. The van der Waals surface area contributed by atoms with Crippen LogP contribution in [-0.4, -0.2) is 37.9 Å². The molecular formula is C31H31ClF2N8. The summed E-state index contributed by atoms with van der Waals surface area (Å²) in [7, 11) is 0. The quantitative estimate of drug-likeness (QED) is 0.193. The number of nitrogens with one attached hydrogen (secondary N) is 2. The summed E-state index contributed by atoms with van der Waals surface area (Å²) in [5.74, 6) is 0. The topological polar surface area (TPSA) is 104 Å². The van der Waals surface area contributed by atoms with Crippen molar-refractivity contribution in [2.75, 3.05) is 17.2 Å². The first-order valence-electron chi connectivity index (χ1n) is 13.5. The van der Waals surface area contributed by atoms with Crippen LogP contribution in [-0.2, 0) is 5.54 Å². The Morgan fingerprint density at radius 1 is 1.05 bits per heavy atom. The Morgan fingerprint density at radius 3 is 2.55 bits per heavy atom. The van der Waals surface area contributed by atoms with Gasteiger partial charge in [0, 0.05) is 35.4 Å². The first kappa shape index (κ1) is 29.1. The Hall–Kier alpha value is -4.36. The monoisotopic (exact) mass is 588 g/mol. The van der Waals surface area contributed by atoms with Crippen LogP contribution in [0.4, 0.5) is 20.2 Å². The number of alkyl halides is 2. The highest BCUT2D eigenvalue weighted by Gasteiger charge is 2.34. The maximum absolute atomic E-state index is 13.9. The molecule has 0 fully saturated rings. The van der Waals surface area contributed by atoms with E-state index >= 15 is 0 Å². The van der Waals surface area contributed by atoms with Crippen molar-refractivity contribution in [1.82, 2.24) is 25.0 Å². The molecule has 2 N–H and O–H groups in total. The van der Waals surface area contributed by atoms with Gasteiger partial charge in [0.25, 0.3) is 6.43 Å². The van der Waals surface area contributed by atoms with Crippen LogP contribution in [0.2, 0.25) is 5.02 Å². The molecule has 0 amide bonds. The number of hydrogen-bond donors (Lipinski definition) is 2. The number of anilines is 2. The van der Waals surface area contributed by atoms with Gasteiger partial charge in [-0.15, -0.1) is 5.10 Å². The van der Waals surface area contributed by atoms with E-state index < -0.39 is 18.0 Å². The van der Waals surface area contributed by atoms with E-state index in [0.717, 1.165) is 16.5 Å². The average Bonchev–Trinajstić information content (AvgIpc) is 3.45. The predicted octanol–water partition coefficient (Wildman–Crippen LogP) is 7.56. The van der Waals surface area contributed by atoms with Crippen LogP contribution in [0.3, 0.4) is 0 Å². The van der Waals surface area contributed by atoms with Crippen LogP contribution in [0.15, 0.2) is 61.1 Å². The summed E-state index contributed by atoms with van der Waals surface area (Å²) in [5.41, 5.74) is 2.63. The third-order valence-corrected chi connectivity index (χ3v) is 7.36. The summed E-state index contributed by atoms with van der Waals surface area (Å²) < 4.78 is 28.9. The van der Waals surface area contributed by atoms with Crippen molar-refractivity contribution in [3.8, 4) is 6.07 Å². The molecule has 0 saturated heterocycles. The van der Waals surface area contributed by atoms with E-state index in [4.69, 9.17) is 11.6 Å². The lowest BCUT2D eigenvalue weighted by molar-refractivity contribution is 0.0191. The minimum absolute atomic E-state index is 0.0483. The summed E-state index contributed by atoms with van der Waals surface area (Å²) in [6.45, 7) is 9.74. The van der Waals surface area contributed by atoms with E-state index in [0.29, 0.717) is 45.1 Å². The molecule has 2 aromatic carbocycles. The highest BCUT2D eigenvalue weighted by atomic mass is 35.5. The van der Waals surface area contributed by atoms with Gasteiger partial charge < -0.3 is 10.6 Å². The van der Waals surface area contributed by atoms with E-state index in [-0.39, 0.29) is 5.41 Å². The molecular weight excluding hydrogens is 558 g/mol. The van der Waals surface area contributed by atoms with Crippen molar-refractivity contribution in [3.05, 3.63) is 82.9 Å². The minimum Gasteiger partial charge on any atom is -0.383 e. The molecule has 0 spiro atoms. The highest BCUT2D eigenvalue weighted by molar-refractivity contribution is 6.35. The first-order chi connectivity index (χ1) is 19.9. The molecule has 0 aliphatic carbocycles. The zero-order valence-electron chi connectivity index (χ0n) is 24.0. The number of pyridine rings is 2. The molecule has 0 aliphatic rings. The molecule has 11 heteroatoms. The van der Waals surface area contributed by atoms with Crippen LogP contribution in [0.1, 0.15) is 57.5 Å². The smallest absolute Gasteiger partial charge is 0.262 e. The van der Waals surface area contributed by atoms with Gasteiger partial charge >= 0.3 is 0 Å². The van der Waals surface area contributed by atoms with Gasteiger partial charge in [0.15, 0.2) is 0 Å². The molecule has 0 bridgehead atoms. The maximum atomic E-state index is 13.9. The second kappa shape index (κ2) is 11.1. The summed E-state index contributed by atoms with van der Waals surface area (Å²) >= 11 is 6.75. The van der Waals surface area contributed by atoms with Gasteiger partial charge in [0.1, 0.15) is 17.3 Å². The Labute approximate surface area is 247 Å². The van der Waals surface area contributed by atoms with Gasteiger partial charge in [-0.3, -0.25) is 9.97 Å². The molecule has 0 radical (unpaired) electrons.